The lowest BCUT2D eigenvalue weighted by molar-refractivity contribution is -0.226. The molecule has 1 aliphatic heterocycles. The van der Waals surface area contributed by atoms with Crippen molar-refractivity contribution in [3.05, 3.63) is 0 Å². The molecule has 0 radical (unpaired) electrons. The first kappa shape index (κ1) is 32.6. The van der Waals surface area contributed by atoms with E-state index in [1.807, 2.05) is 0 Å². The third-order valence-corrected chi connectivity index (χ3v) is 23.0. The largest absolute Gasteiger partial charge is 0.414 e. The van der Waals surface area contributed by atoms with Crippen LogP contribution in [0.25, 0.3) is 0 Å². The van der Waals surface area contributed by atoms with Crippen LogP contribution in [-0.4, -0.2) is 58.0 Å². The maximum Gasteiger partial charge on any atom is 0.192 e. The Balaban J connectivity index is 1.47. The molecule has 5 fully saturated rings. The van der Waals surface area contributed by atoms with Gasteiger partial charge in [-0.15, -0.1) is 0 Å². The molecule has 4 aliphatic carbocycles. The van der Waals surface area contributed by atoms with Crippen molar-refractivity contribution in [2.75, 3.05) is 0 Å². The first-order valence-corrected chi connectivity index (χ1v) is 22.7. The third kappa shape index (κ3) is 5.11. The van der Waals surface area contributed by atoms with E-state index in [-0.39, 0.29) is 51.2 Å². The molecule has 0 spiro atoms. The van der Waals surface area contributed by atoms with Crippen LogP contribution in [0.2, 0.25) is 36.3 Å². The van der Waals surface area contributed by atoms with Crippen LogP contribution in [0.15, 0.2) is 0 Å². The summed E-state index contributed by atoms with van der Waals surface area (Å²) in [5, 5.41) is 12.5. The molecule has 5 rings (SSSR count). The van der Waals surface area contributed by atoms with Crippen LogP contribution in [0.1, 0.15) is 108 Å². The highest BCUT2D eigenvalue weighted by Crippen LogP contribution is 2.69. The fraction of sp³-hybridized carbons (Fsp3) is 1.00. The zero-order valence-corrected chi connectivity index (χ0v) is 31.0. The summed E-state index contributed by atoms with van der Waals surface area (Å²) in [6.45, 7) is 32.6. The Morgan fingerprint density at radius 2 is 1.27 bits per heavy atom. The second kappa shape index (κ2) is 9.86. The molecule has 238 valence electrons. The van der Waals surface area contributed by atoms with Gasteiger partial charge in [-0.3, -0.25) is 0 Å². The molecule has 0 amide bonds. The van der Waals surface area contributed by atoms with E-state index < -0.39 is 22.4 Å². The second-order valence-electron chi connectivity index (χ2n) is 18.8. The minimum atomic E-state index is -1.96. The summed E-state index contributed by atoms with van der Waals surface area (Å²) in [5.41, 5.74) is -0.0449. The number of fused-ring (bicyclic) bond motifs is 8. The minimum absolute atomic E-state index is 0.000532. The second-order valence-corrected chi connectivity index (χ2v) is 28.3. The summed E-state index contributed by atoms with van der Waals surface area (Å²) < 4.78 is 28.0. The van der Waals surface area contributed by atoms with E-state index in [0.29, 0.717) is 23.9 Å². The van der Waals surface area contributed by atoms with Crippen LogP contribution in [0.5, 0.6) is 0 Å². The van der Waals surface area contributed by atoms with Gasteiger partial charge in [-0.1, -0.05) is 55.4 Å². The average Bonchev–Trinajstić information content (AvgIpc) is 3.29. The molecule has 1 saturated heterocycles. The molecule has 4 unspecified atom stereocenters. The zero-order chi connectivity index (χ0) is 30.8. The first-order chi connectivity index (χ1) is 18.4. The Kier molecular flexibility index (Phi) is 7.85. The maximum atomic E-state index is 12.1. The van der Waals surface area contributed by atoms with Crippen LogP contribution >= 0.6 is 0 Å². The van der Waals surface area contributed by atoms with Crippen molar-refractivity contribution in [2.45, 2.75) is 180 Å². The van der Waals surface area contributed by atoms with E-state index in [1.54, 1.807) is 0 Å². The van der Waals surface area contributed by atoms with Gasteiger partial charge in [0.1, 0.15) is 0 Å². The standard InChI is InChI=1S/C34H64O5Si2/c1-30(2,3)40(11,12)38-21-19-24-28-29(37-32(7,8)36-28)27-22-15-16-26(39-41(13,14)31(4,5)6)33(22,9)18-17-23(27)34(24,10)25(35)20-21/h21-29,35H,15-20H2,1-14H3/t21-,22?,23?,24?,25+,26+,27?,28-,29-,33+,34-/m1/s1. The van der Waals surface area contributed by atoms with E-state index in [9.17, 15) is 5.11 Å². The Hall–Kier alpha value is 0.234. The average molecular weight is 609 g/mol. The van der Waals surface area contributed by atoms with Gasteiger partial charge >= 0.3 is 0 Å². The highest BCUT2D eigenvalue weighted by Gasteiger charge is 2.71. The fourth-order valence-electron chi connectivity index (χ4n) is 9.57. The summed E-state index contributed by atoms with van der Waals surface area (Å²) in [7, 11) is -3.85. The van der Waals surface area contributed by atoms with Gasteiger partial charge in [-0.2, -0.15) is 0 Å². The summed E-state index contributed by atoms with van der Waals surface area (Å²) in [5.74, 6) is 0.987. The summed E-state index contributed by atoms with van der Waals surface area (Å²) in [4.78, 5) is 0. The van der Waals surface area contributed by atoms with E-state index >= 15 is 0 Å². The van der Waals surface area contributed by atoms with Gasteiger partial charge in [0.05, 0.1) is 24.4 Å². The lowest BCUT2D eigenvalue weighted by Crippen LogP contribution is -2.67. The van der Waals surface area contributed by atoms with Gasteiger partial charge in [0.15, 0.2) is 22.4 Å². The monoisotopic (exact) mass is 608 g/mol. The number of hydrogen-bond donors (Lipinski definition) is 1. The van der Waals surface area contributed by atoms with E-state index in [1.165, 1.54) is 12.8 Å². The first-order valence-electron chi connectivity index (χ1n) is 16.8. The summed E-state index contributed by atoms with van der Waals surface area (Å²) in [6.07, 6.45) is 6.43. The van der Waals surface area contributed by atoms with Crippen molar-refractivity contribution in [3.8, 4) is 0 Å². The Morgan fingerprint density at radius 1 is 0.707 bits per heavy atom. The van der Waals surface area contributed by atoms with Crippen LogP contribution in [-0.2, 0) is 18.3 Å². The van der Waals surface area contributed by atoms with Gasteiger partial charge in [-0.25, -0.2) is 0 Å². The molecule has 7 heteroatoms. The minimum Gasteiger partial charge on any atom is -0.414 e. The molecule has 1 N–H and O–H groups in total. The maximum absolute atomic E-state index is 12.1. The third-order valence-electron chi connectivity index (χ3n) is 14.0. The normalized spacial score (nSPS) is 46.5. The molecule has 0 aromatic carbocycles. The molecule has 41 heavy (non-hydrogen) atoms. The Morgan fingerprint density at radius 3 is 1.85 bits per heavy atom. The molecule has 1 heterocycles. The predicted octanol–water partition coefficient (Wildman–Crippen LogP) is 8.52. The number of aliphatic hydroxyl groups excluding tert-OH is 1. The van der Waals surface area contributed by atoms with Gasteiger partial charge in [0, 0.05) is 11.5 Å². The van der Waals surface area contributed by atoms with Crippen molar-refractivity contribution in [3.63, 3.8) is 0 Å². The Labute approximate surface area is 254 Å². The molecule has 4 saturated carbocycles. The van der Waals surface area contributed by atoms with Crippen LogP contribution < -0.4 is 0 Å². The van der Waals surface area contributed by atoms with E-state index in [2.05, 4.69) is 95.4 Å². The van der Waals surface area contributed by atoms with Crippen molar-refractivity contribution < 1.29 is 23.4 Å². The molecule has 11 atom stereocenters. The zero-order valence-electron chi connectivity index (χ0n) is 29.0. The number of hydrogen-bond acceptors (Lipinski definition) is 5. The van der Waals surface area contributed by atoms with E-state index in [0.717, 1.165) is 25.7 Å². The van der Waals surface area contributed by atoms with Crippen molar-refractivity contribution in [1.82, 2.24) is 0 Å². The smallest absolute Gasteiger partial charge is 0.192 e. The van der Waals surface area contributed by atoms with Gasteiger partial charge in [0.25, 0.3) is 0 Å². The molecule has 0 aromatic heterocycles. The lowest BCUT2D eigenvalue weighted by Gasteiger charge is -2.65. The lowest BCUT2D eigenvalue weighted by atomic mass is 9.43. The summed E-state index contributed by atoms with van der Waals surface area (Å²) >= 11 is 0. The summed E-state index contributed by atoms with van der Waals surface area (Å²) in [6, 6.07) is 0. The molecule has 5 aliphatic rings. The molecule has 5 nitrogen and oxygen atoms in total. The van der Waals surface area contributed by atoms with Crippen LogP contribution in [0, 0.1) is 34.5 Å². The van der Waals surface area contributed by atoms with Crippen LogP contribution in [0.4, 0.5) is 0 Å². The molecule has 0 aromatic rings. The quantitative estimate of drug-likeness (QED) is 0.324. The topological polar surface area (TPSA) is 57.2 Å². The molecule has 0 bridgehead atoms. The predicted molar refractivity (Wildman–Crippen MR) is 172 cm³/mol. The Bertz CT molecular complexity index is 998. The SMILES string of the molecule is CC1(C)O[C@@H]2C3C(CC[C@@]4(C)C3CC[C@@H]4O[Si](C)(C)C(C)(C)C)[C@]3(C)C(C[C@@H](O[Si](C)(C)C(C)(C)C)C[C@@H]3O)[C@H]2O1. The number of aliphatic hydroxyl groups is 1. The van der Waals surface area contributed by atoms with Gasteiger partial charge < -0.3 is 23.4 Å². The number of rotatable bonds is 4. The van der Waals surface area contributed by atoms with Gasteiger partial charge in [-0.05, 0) is 118 Å². The van der Waals surface area contributed by atoms with Crippen LogP contribution in [0.3, 0.4) is 0 Å². The highest BCUT2D eigenvalue weighted by molar-refractivity contribution is 6.74. The molecular weight excluding hydrogens is 545 g/mol. The fourth-order valence-corrected chi connectivity index (χ4v) is 12.4. The highest BCUT2D eigenvalue weighted by atomic mass is 28.4. The van der Waals surface area contributed by atoms with Gasteiger partial charge in [0.2, 0.25) is 0 Å². The number of ether oxygens (including phenoxy) is 2. The van der Waals surface area contributed by atoms with Crippen molar-refractivity contribution >= 4 is 16.6 Å². The van der Waals surface area contributed by atoms with Crippen molar-refractivity contribution in [2.24, 2.45) is 34.5 Å². The van der Waals surface area contributed by atoms with E-state index in [4.69, 9.17) is 18.3 Å². The van der Waals surface area contributed by atoms with Crippen molar-refractivity contribution in [1.29, 1.82) is 0 Å². The molecular formula is C34H64O5Si2.